The summed E-state index contributed by atoms with van der Waals surface area (Å²) in [6.07, 6.45) is 0.665. The fourth-order valence-electron chi connectivity index (χ4n) is 4.12. The Morgan fingerprint density at radius 3 is 2.50 bits per heavy atom. The highest BCUT2D eigenvalue weighted by atomic mass is 35.5. The standard InChI is InChI=1S/C26H24Cl2N2O7S/c27-17-6-1-2-7-18(17)30-25(33)21(14-8-10-29-11-9-14)37-16-5-3-4-15(12-16)23-20(28)22(36-13-19(31)32)24(38-23)26(34)35/h1-7,12,14,21,29H,8-11,13H2,(H,30,33)(H,31,32)(H,34,35). The number of carbonyl (C=O) groups excluding carboxylic acids is 1. The molecule has 1 atom stereocenters. The molecular formula is C26H24Cl2N2O7S. The van der Waals surface area contributed by atoms with Gasteiger partial charge in [0.1, 0.15) is 10.8 Å². The van der Waals surface area contributed by atoms with Gasteiger partial charge in [0.05, 0.1) is 15.6 Å². The van der Waals surface area contributed by atoms with Crippen molar-refractivity contribution in [3.05, 3.63) is 63.5 Å². The highest BCUT2D eigenvalue weighted by Crippen LogP contribution is 2.46. The number of anilines is 1. The van der Waals surface area contributed by atoms with E-state index in [1.54, 1.807) is 48.5 Å². The van der Waals surface area contributed by atoms with Crippen LogP contribution < -0.4 is 20.1 Å². The van der Waals surface area contributed by atoms with Crippen molar-refractivity contribution in [2.45, 2.75) is 18.9 Å². The topological polar surface area (TPSA) is 134 Å². The first kappa shape index (κ1) is 27.7. The minimum absolute atomic E-state index is 0.0165. The van der Waals surface area contributed by atoms with Crippen molar-refractivity contribution in [1.29, 1.82) is 0 Å². The Bertz CT molecular complexity index is 1340. The number of amides is 1. The molecule has 2 aromatic carbocycles. The zero-order valence-corrected chi connectivity index (χ0v) is 22.2. The van der Waals surface area contributed by atoms with Crippen LogP contribution in [0.4, 0.5) is 5.69 Å². The van der Waals surface area contributed by atoms with Crippen LogP contribution in [0.2, 0.25) is 10.0 Å². The monoisotopic (exact) mass is 578 g/mol. The number of ether oxygens (including phenoxy) is 2. The first-order chi connectivity index (χ1) is 18.2. The maximum atomic E-state index is 13.4. The molecule has 3 aromatic rings. The average molecular weight is 579 g/mol. The fraction of sp³-hybridized carbons (Fsp3) is 0.269. The number of carboxylic acids is 2. The lowest BCUT2D eigenvalue weighted by Gasteiger charge is -2.30. The van der Waals surface area contributed by atoms with Crippen LogP contribution in [0, 0.1) is 5.92 Å². The molecule has 1 aromatic heterocycles. The van der Waals surface area contributed by atoms with E-state index in [0.29, 0.717) is 26.9 Å². The van der Waals surface area contributed by atoms with Crippen LogP contribution in [0.3, 0.4) is 0 Å². The number of rotatable bonds is 10. The molecule has 0 bridgehead atoms. The zero-order valence-electron chi connectivity index (χ0n) is 19.9. The largest absolute Gasteiger partial charge is 0.480 e. The highest BCUT2D eigenvalue weighted by molar-refractivity contribution is 7.18. The van der Waals surface area contributed by atoms with Crippen molar-refractivity contribution in [2.24, 2.45) is 5.92 Å². The summed E-state index contributed by atoms with van der Waals surface area (Å²) in [5.41, 5.74) is 1.01. The second-order valence-electron chi connectivity index (χ2n) is 8.51. The third kappa shape index (κ3) is 6.57. The van der Waals surface area contributed by atoms with E-state index >= 15 is 0 Å². The molecule has 1 saturated heterocycles. The molecule has 9 nitrogen and oxygen atoms in total. The number of piperidine rings is 1. The molecule has 1 amide bonds. The number of carboxylic acid groups (broad SMARTS) is 2. The van der Waals surface area contributed by atoms with E-state index in [0.717, 1.165) is 37.3 Å². The molecule has 0 radical (unpaired) electrons. The lowest BCUT2D eigenvalue weighted by molar-refractivity contribution is -0.139. The summed E-state index contributed by atoms with van der Waals surface area (Å²) in [7, 11) is 0. The molecule has 0 aliphatic carbocycles. The maximum Gasteiger partial charge on any atom is 0.349 e. The van der Waals surface area contributed by atoms with Gasteiger partial charge in [-0.3, -0.25) is 4.79 Å². The minimum atomic E-state index is -1.29. The van der Waals surface area contributed by atoms with Gasteiger partial charge in [-0.1, -0.05) is 47.5 Å². The molecule has 1 aliphatic rings. The number of hydrogen-bond donors (Lipinski definition) is 4. The van der Waals surface area contributed by atoms with E-state index in [1.807, 2.05) is 0 Å². The Labute approximate surface area is 232 Å². The van der Waals surface area contributed by atoms with Gasteiger partial charge >= 0.3 is 11.9 Å². The molecule has 4 N–H and O–H groups in total. The smallest absolute Gasteiger partial charge is 0.349 e. The summed E-state index contributed by atoms with van der Waals surface area (Å²) < 4.78 is 11.4. The first-order valence-corrected chi connectivity index (χ1v) is 13.2. The van der Waals surface area contributed by atoms with E-state index in [4.69, 9.17) is 37.8 Å². The van der Waals surface area contributed by atoms with E-state index < -0.39 is 24.6 Å². The summed E-state index contributed by atoms with van der Waals surface area (Å²) in [5, 5.41) is 25.0. The van der Waals surface area contributed by atoms with Gasteiger partial charge in [0, 0.05) is 5.92 Å². The number of thiophene rings is 1. The van der Waals surface area contributed by atoms with Gasteiger partial charge in [-0.15, -0.1) is 11.3 Å². The van der Waals surface area contributed by atoms with Gasteiger partial charge in [0.25, 0.3) is 5.91 Å². The SMILES string of the molecule is O=C(O)COc1c(C(=O)O)sc(-c2cccc(OC(C(=O)Nc3ccccc3Cl)C3CCNCC3)c2)c1Cl. The van der Waals surface area contributed by atoms with Gasteiger partial charge in [0.2, 0.25) is 0 Å². The first-order valence-electron chi connectivity index (χ1n) is 11.7. The van der Waals surface area contributed by atoms with Crippen LogP contribution >= 0.6 is 34.5 Å². The molecular weight excluding hydrogens is 555 g/mol. The van der Waals surface area contributed by atoms with E-state index in [9.17, 15) is 19.5 Å². The predicted octanol–water partition coefficient (Wildman–Crippen LogP) is 5.27. The van der Waals surface area contributed by atoms with Crippen LogP contribution in [-0.2, 0) is 9.59 Å². The second kappa shape index (κ2) is 12.5. The average Bonchev–Trinajstić information content (AvgIpc) is 3.24. The van der Waals surface area contributed by atoms with Crippen LogP contribution in [0.25, 0.3) is 10.4 Å². The van der Waals surface area contributed by atoms with Crippen molar-refractivity contribution in [3.63, 3.8) is 0 Å². The summed E-state index contributed by atoms with van der Waals surface area (Å²) in [6.45, 7) is 0.773. The van der Waals surface area contributed by atoms with E-state index in [2.05, 4.69) is 10.6 Å². The van der Waals surface area contributed by atoms with Gasteiger partial charge in [-0.25, -0.2) is 9.59 Å². The maximum absolute atomic E-state index is 13.4. The molecule has 1 fully saturated rings. The Morgan fingerprint density at radius 1 is 1.08 bits per heavy atom. The molecule has 0 spiro atoms. The van der Waals surface area contributed by atoms with E-state index in [-0.39, 0.29) is 27.5 Å². The van der Waals surface area contributed by atoms with Crippen molar-refractivity contribution in [2.75, 3.05) is 25.0 Å². The lowest BCUT2D eigenvalue weighted by Crippen LogP contribution is -2.44. The molecule has 4 rings (SSSR count). The van der Waals surface area contributed by atoms with Crippen molar-refractivity contribution in [1.82, 2.24) is 5.32 Å². The zero-order chi connectivity index (χ0) is 27.2. The number of hydrogen-bond acceptors (Lipinski definition) is 7. The van der Waals surface area contributed by atoms with Crippen LogP contribution in [0.1, 0.15) is 22.5 Å². The lowest BCUT2D eigenvalue weighted by atomic mass is 9.91. The second-order valence-corrected chi connectivity index (χ2v) is 10.3. The summed E-state index contributed by atoms with van der Waals surface area (Å²) in [4.78, 5) is 36.2. The number of aromatic carboxylic acids is 1. The Balaban J connectivity index is 1.63. The molecule has 1 unspecified atom stereocenters. The van der Waals surface area contributed by atoms with Gasteiger partial charge in [-0.05, 0) is 55.8 Å². The predicted molar refractivity (Wildman–Crippen MR) is 145 cm³/mol. The Hall–Kier alpha value is -3.31. The summed E-state index contributed by atoms with van der Waals surface area (Å²) in [5.74, 6) is -2.77. The Morgan fingerprint density at radius 2 is 1.82 bits per heavy atom. The van der Waals surface area contributed by atoms with Crippen molar-refractivity contribution < 1.29 is 34.1 Å². The molecule has 1 aliphatic heterocycles. The van der Waals surface area contributed by atoms with Gasteiger partial charge in [-0.2, -0.15) is 0 Å². The minimum Gasteiger partial charge on any atom is -0.480 e. The molecule has 200 valence electrons. The third-order valence-electron chi connectivity index (χ3n) is 5.90. The number of benzene rings is 2. The number of aliphatic carboxylic acids is 1. The molecule has 38 heavy (non-hydrogen) atoms. The molecule has 12 heteroatoms. The number of para-hydroxylation sites is 1. The normalized spacial score (nSPS) is 14.5. The molecule has 2 heterocycles. The van der Waals surface area contributed by atoms with Crippen molar-refractivity contribution >= 4 is 58.1 Å². The van der Waals surface area contributed by atoms with E-state index in [1.165, 1.54) is 0 Å². The Kier molecular flexibility index (Phi) is 9.11. The fourth-order valence-corrected chi connectivity index (χ4v) is 5.70. The number of halogens is 2. The third-order valence-corrected chi connectivity index (χ3v) is 7.92. The van der Waals surface area contributed by atoms with Crippen LogP contribution in [0.5, 0.6) is 11.5 Å². The van der Waals surface area contributed by atoms with Crippen molar-refractivity contribution in [3.8, 4) is 21.9 Å². The van der Waals surface area contributed by atoms with Gasteiger partial charge in [0.15, 0.2) is 23.3 Å². The number of nitrogens with one attached hydrogen (secondary N) is 2. The van der Waals surface area contributed by atoms with Gasteiger partial charge < -0.3 is 30.3 Å². The van der Waals surface area contributed by atoms with Crippen LogP contribution in [-0.4, -0.2) is 53.9 Å². The number of carbonyl (C=O) groups is 3. The molecule has 0 saturated carbocycles. The quantitative estimate of drug-likeness (QED) is 0.255. The highest BCUT2D eigenvalue weighted by Gasteiger charge is 2.32. The summed E-state index contributed by atoms with van der Waals surface area (Å²) in [6, 6.07) is 13.7. The van der Waals surface area contributed by atoms with Crippen LogP contribution in [0.15, 0.2) is 48.5 Å². The summed E-state index contributed by atoms with van der Waals surface area (Å²) >= 11 is 13.5.